The van der Waals surface area contributed by atoms with Crippen molar-refractivity contribution in [1.29, 1.82) is 0 Å². The lowest BCUT2D eigenvalue weighted by atomic mass is 9.96. The van der Waals surface area contributed by atoms with Crippen LogP contribution in [0.2, 0.25) is 0 Å². The van der Waals surface area contributed by atoms with Gasteiger partial charge in [-0.15, -0.1) is 20.7 Å². The van der Waals surface area contributed by atoms with Crippen LogP contribution in [0.3, 0.4) is 0 Å². The SMILES string of the molecule is CI=Cc1oc2ccc3oc4ccc(-c5cccc6ccccc56)cc4c3c2c1C. The zero-order valence-electron chi connectivity index (χ0n) is 16.7. The van der Waals surface area contributed by atoms with E-state index in [1.807, 2.05) is 12.1 Å². The van der Waals surface area contributed by atoms with E-state index in [2.05, 4.69) is 76.5 Å². The van der Waals surface area contributed by atoms with Gasteiger partial charge in [0.1, 0.15) is 22.5 Å². The van der Waals surface area contributed by atoms with Crippen molar-refractivity contribution >= 4 is 68.4 Å². The van der Waals surface area contributed by atoms with Crippen LogP contribution in [0.4, 0.5) is 0 Å². The van der Waals surface area contributed by atoms with E-state index in [-0.39, 0.29) is 20.7 Å². The van der Waals surface area contributed by atoms with Crippen molar-refractivity contribution < 1.29 is 8.83 Å². The van der Waals surface area contributed by atoms with Gasteiger partial charge in [0.05, 0.1) is 0 Å². The molecule has 30 heavy (non-hydrogen) atoms. The monoisotopic (exact) mass is 502 g/mol. The highest BCUT2D eigenvalue weighted by atomic mass is 127. The molecule has 146 valence electrons. The second-order valence-electron chi connectivity index (χ2n) is 7.57. The molecule has 0 saturated heterocycles. The van der Waals surface area contributed by atoms with E-state index in [4.69, 9.17) is 8.83 Å². The Hall–Kier alpha value is -2.92. The molecule has 0 bridgehead atoms. The van der Waals surface area contributed by atoms with E-state index in [9.17, 15) is 0 Å². The Morgan fingerprint density at radius 3 is 2.37 bits per heavy atom. The van der Waals surface area contributed by atoms with E-state index >= 15 is 0 Å². The molecule has 0 aliphatic carbocycles. The maximum absolute atomic E-state index is 6.22. The van der Waals surface area contributed by atoms with Crippen molar-refractivity contribution in [3.63, 3.8) is 0 Å². The van der Waals surface area contributed by atoms with Gasteiger partial charge in [-0.2, -0.15) is 0 Å². The van der Waals surface area contributed by atoms with Gasteiger partial charge in [-0.25, -0.2) is 0 Å². The first-order valence-corrected chi connectivity index (χ1v) is 13.3. The second kappa shape index (κ2) is 6.81. The second-order valence-corrected chi connectivity index (χ2v) is 9.44. The molecule has 0 amide bonds. The maximum atomic E-state index is 6.22. The molecule has 0 aliphatic heterocycles. The molecule has 0 N–H and O–H groups in total. The standard InChI is InChI=1S/C27H19IO2/c1-16-25(15-28-2)30-23-12-13-24-27(26(16)23)21-14-18(10-11-22(21)29-24)20-9-5-7-17-6-3-4-8-19(17)20/h3-15H,1-2H3. The summed E-state index contributed by atoms with van der Waals surface area (Å²) in [6.07, 6.45) is 0. The lowest BCUT2D eigenvalue weighted by molar-refractivity contribution is 0.606. The van der Waals surface area contributed by atoms with Crippen molar-refractivity contribution in [3.05, 3.63) is 84.1 Å². The van der Waals surface area contributed by atoms with E-state index in [0.717, 1.165) is 33.3 Å². The Morgan fingerprint density at radius 1 is 0.733 bits per heavy atom. The number of furan rings is 2. The van der Waals surface area contributed by atoms with Gasteiger partial charge in [0.15, 0.2) is 0 Å². The molecule has 0 atom stereocenters. The van der Waals surface area contributed by atoms with Crippen LogP contribution in [-0.4, -0.2) is 8.94 Å². The number of aryl methyl sites for hydroxylation is 1. The van der Waals surface area contributed by atoms with Crippen molar-refractivity contribution in [2.24, 2.45) is 0 Å². The Kier molecular flexibility index (Phi) is 4.06. The van der Waals surface area contributed by atoms with Crippen LogP contribution in [0.15, 0.2) is 81.6 Å². The minimum absolute atomic E-state index is 0.0107. The van der Waals surface area contributed by atoms with E-state index < -0.39 is 0 Å². The minimum Gasteiger partial charge on any atom is -0.456 e. The average Bonchev–Trinajstić information content (AvgIpc) is 3.30. The molecule has 0 fully saturated rings. The summed E-state index contributed by atoms with van der Waals surface area (Å²) in [6, 6.07) is 25.6. The molecule has 6 aromatic rings. The molecular formula is C27H19IO2. The van der Waals surface area contributed by atoms with Gasteiger partial charge in [-0.3, -0.25) is 0 Å². The zero-order chi connectivity index (χ0) is 20.2. The number of benzene rings is 4. The predicted octanol–water partition coefficient (Wildman–Crippen LogP) is 8.21. The molecule has 6 rings (SSSR count). The highest BCUT2D eigenvalue weighted by molar-refractivity contribution is 14.2. The molecule has 3 heteroatoms. The number of halogens is 1. The van der Waals surface area contributed by atoms with Gasteiger partial charge in [0, 0.05) is 25.7 Å². The summed E-state index contributed by atoms with van der Waals surface area (Å²) in [4.78, 5) is 2.24. The first-order valence-electron chi connectivity index (χ1n) is 9.92. The fourth-order valence-corrected chi connectivity index (χ4v) is 5.63. The van der Waals surface area contributed by atoms with Gasteiger partial charge in [0.2, 0.25) is 0 Å². The van der Waals surface area contributed by atoms with E-state index in [0.29, 0.717) is 0 Å². The highest BCUT2D eigenvalue weighted by Gasteiger charge is 2.17. The smallest absolute Gasteiger partial charge is 0.136 e. The lowest BCUT2D eigenvalue weighted by Crippen LogP contribution is -1.81. The van der Waals surface area contributed by atoms with Crippen molar-refractivity contribution in [1.82, 2.24) is 0 Å². The van der Waals surface area contributed by atoms with Crippen LogP contribution in [-0.2, 0) is 0 Å². The summed E-state index contributed by atoms with van der Waals surface area (Å²) in [5, 5.41) is 5.98. The largest absolute Gasteiger partial charge is 0.456 e. The first kappa shape index (κ1) is 17.9. The third kappa shape index (κ3) is 2.58. The molecule has 0 radical (unpaired) electrons. The fourth-order valence-electron chi connectivity index (χ4n) is 4.47. The lowest BCUT2D eigenvalue weighted by Gasteiger charge is -2.07. The quantitative estimate of drug-likeness (QED) is 0.176. The van der Waals surface area contributed by atoms with Crippen LogP contribution in [0.25, 0.3) is 54.8 Å². The Morgan fingerprint density at radius 2 is 1.50 bits per heavy atom. The molecule has 0 aliphatic rings. The molecule has 0 spiro atoms. The summed E-state index contributed by atoms with van der Waals surface area (Å²) >= 11 is 0.0107. The molecule has 2 heterocycles. The number of hydrogen-bond donors (Lipinski definition) is 0. The Labute approximate surface area is 183 Å². The highest BCUT2D eigenvalue weighted by Crippen LogP contribution is 2.40. The number of fused-ring (bicyclic) bond motifs is 6. The average molecular weight is 502 g/mol. The molecule has 0 unspecified atom stereocenters. The van der Waals surface area contributed by atoms with Crippen LogP contribution >= 0.6 is 20.7 Å². The summed E-state index contributed by atoms with van der Waals surface area (Å²) in [7, 11) is 0. The van der Waals surface area contributed by atoms with Gasteiger partial charge in [-0.05, 0) is 58.0 Å². The van der Waals surface area contributed by atoms with Crippen molar-refractivity contribution in [3.8, 4) is 11.1 Å². The summed E-state index contributed by atoms with van der Waals surface area (Å²) < 4.78 is 14.6. The summed E-state index contributed by atoms with van der Waals surface area (Å²) in [5.74, 6) is 1.01. The summed E-state index contributed by atoms with van der Waals surface area (Å²) in [5.41, 5.74) is 6.40. The van der Waals surface area contributed by atoms with Gasteiger partial charge >= 0.3 is 0 Å². The van der Waals surface area contributed by atoms with E-state index in [1.165, 1.54) is 32.8 Å². The molecular weight excluding hydrogens is 483 g/mol. The fraction of sp³-hybridized carbons (Fsp3) is 0.0741. The Bertz CT molecular complexity index is 1610. The third-order valence-corrected chi connectivity index (χ3v) is 7.06. The summed E-state index contributed by atoms with van der Waals surface area (Å²) in [6.45, 7) is 2.16. The molecule has 4 aromatic carbocycles. The van der Waals surface area contributed by atoms with Crippen molar-refractivity contribution in [2.75, 3.05) is 4.93 Å². The Balaban J connectivity index is 1.70. The topological polar surface area (TPSA) is 26.3 Å². The van der Waals surface area contributed by atoms with E-state index in [1.54, 1.807) is 0 Å². The number of rotatable bonds is 2. The van der Waals surface area contributed by atoms with Gasteiger partial charge in [0.25, 0.3) is 0 Å². The van der Waals surface area contributed by atoms with Crippen LogP contribution in [0, 0.1) is 6.92 Å². The number of hydrogen-bond acceptors (Lipinski definition) is 2. The molecule has 0 saturated carbocycles. The van der Waals surface area contributed by atoms with Crippen LogP contribution < -0.4 is 0 Å². The minimum atomic E-state index is 0.0107. The van der Waals surface area contributed by atoms with Crippen molar-refractivity contribution in [2.45, 2.75) is 6.92 Å². The third-order valence-electron chi connectivity index (χ3n) is 5.87. The zero-order valence-corrected chi connectivity index (χ0v) is 18.9. The number of alkyl halides is 1. The molecule has 2 aromatic heterocycles. The van der Waals surface area contributed by atoms with Crippen LogP contribution in [0.5, 0.6) is 0 Å². The maximum Gasteiger partial charge on any atom is 0.136 e. The predicted molar refractivity (Wildman–Crippen MR) is 136 cm³/mol. The van der Waals surface area contributed by atoms with Gasteiger partial charge < -0.3 is 8.83 Å². The van der Waals surface area contributed by atoms with Crippen LogP contribution in [0.1, 0.15) is 11.3 Å². The first-order chi connectivity index (χ1) is 14.7. The van der Waals surface area contributed by atoms with Gasteiger partial charge in [-0.1, -0.05) is 48.5 Å². The normalized spacial score (nSPS) is 12.5. The molecule has 2 nitrogen and oxygen atoms in total.